The van der Waals surface area contributed by atoms with Gasteiger partial charge in [-0.15, -0.1) is 0 Å². The Morgan fingerprint density at radius 2 is 1.59 bits per heavy atom. The highest BCUT2D eigenvalue weighted by molar-refractivity contribution is 5.99. The molecule has 3 aromatic carbocycles. The highest BCUT2D eigenvalue weighted by atomic mass is 16.5. The SMILES string of the molecule is CC(=O)c1ccccc1OC[C@@](O)(CO)[C@H](Cc1ccccc1)NC(=O)[C@H](CC(N)=O)NC(=O)c1ccc2ccccc2n1. The minimum absolute atomic E-state index is 0.0243. The minimum atomic E-state index is -2.06. The Balaban J connectivity index is 1.59. The number of ether oxygens (including phenoxy) is 1. The van der Waals surface area contributed by atoms with Crippen molar-refractivity contribution in [3.05, 3.63) is 108 Å². The van der Waals surface area contributed by atoms with E-state index in [1.165, 1.54) is 13.0 Å². The topological polar surface area (TPSA) is 181 Å². The van der Waals surface area contributed by atoms with Gasteiger partial charge in [-0.05, 0) is 43.2 Å². The highest BCUT2D eigenvalue weighted by Crippen LogP contribution is 2.23. The molecule has 11 nitrogen and oxygen atoms in total. The van der Waals surface area contributed by atoms with Gasteiger partial charge in [-0.3, -0.25) is 19.2 Å². The van der Waals surface area contributed by atoms with Crippen LogP contribution in [0.5, 0.6) is 5.75 Å². The number of fused-ring (bicyclic) bond motifs is 1. The van der Waals surface area contributed by atoms with Crippen molar-refractivity contribution in [3.63, 3.8) is 0 Å². The lowest BCUT2D eigenvalue weighted by Gasteiger charge is -2.36. The number of carbonyl (C=O) groups is 4. The number of nitrogens with one attached hydrogen (secondary N) is 2. The Labute approximate surface area is 254 Å². The molecule has 11 heteroatoms. The normalized spacial score (nSPS) is 13.7. The number of amides is 3. The number of ketones is 1. The second kappa shape index (κ2) is 14.4. The van der Waals surface area contributed by atoms with E-state index in [1.807, 2.05) is 12.1 Å². The van der Waals surface area contributed by atoms with Gasteiger partial charge in [0, 0.05) is 5.39 Å². The van der Waals surface area contributed by atoms with E-state index in [1.54, 1.807) is 72.8 Å². The zero-order chi connectivity index (χ0) is 31.7. The van der Waals surface area contributed by atoms with Crippen molar-refractivity contribution in [2.75, 3.05) is 13.2 Å². The van der Waals surface area contributed by atoms with Gasteiger partial charge in [-0.1, -0.05) is 66.7 Å². The van der Waals surface area contributed by atoms with Crippen molar-refractivity contribution in [1.29, 1.82) is 0 Å². The van der Waals surface area contributed by atoms with E-state index in [9.17, 15) is 29.4 Å². The molecule has 0 aliphatic heterocycles. The van der Waals surface area contributed by atoms with Crippen LogP contribution in [0.2, 0.25) is 0 Å². The number of nitrogens with two attached hydrogens (primary N) is 1. The number of carbonyl (C=O) groups excluding carboxylic acids is 4. The molecule has 228 valence electrons. The fourth-order valence-electron chi connectivity index (χ4n) is 4.68. The van der Waals surface area contributed by atoms with Gasteiger partial charge in [0.15, 0.2) is 5.78 Å². The fraction of sp³-hybridized carbons (Fsp3) is 0.242. The van der Waals surface area contributed by atoms with Gasteiger partial charge in [0.25, 0.3) is 5.91 Å². The number of benzene rings is 3. The van der Waals surface area contributed by atoms with Crippen LogP contribution in [0.25, 0.3) is 10.9 Å². The lowest BCUT2D eigenvalue weighted by molar-refractivity contribution is -0.131. The predicted octanol–water partition coefficient (Wildman–Crippen LogP) is 1.94. The number of aliphatic hydroxyl groups excluding tert-OH is 1. The average molecular weight is 599 g/mol. The summed E-state index contributed by atoms with van der Waals surface area (Å²) in [5.41, 5.74) is 4.94. The van der Waals surface area contributed by atoms with Crippen molar-refractivity contribution in [2.24, 2.45) is 5.73 Å². The Morgan fingerprint density at radius 1 is 0.909 bits per heavy atom. The molecule has 0 bridgehead atoms. The molecule has 0 fully saturated rings. The molecule has 0 unspecified atom stereocenters. The fourth-order valence-corrected chi connectivity index (χ4v) is 4.68. The van der Waals surface area contributed by atoms with Crippen LogP contribution in [0, 0.1) is 0 Å². The summed E-state index contributed by atoms with van der Waals surface area (Å²) in [6.07, 6.45) is -0.492. The number of aromatic nitrogens is 1. The number of nitrogens with zero attached hydrogens (tertiary/aromatic N) is 1. The second-order valence-electron chi connectivity index (χ2n) is 10.4. The van der Waals surface area contributed by atoms with Crippen LogP contribution in [0.15, 0.2) is 91.0 Å². The first-order valence-corrected chi connectivity index (χ1v) is 13.9. The van der Waals surface area contributed by atoms with Gasteiger partial charge in [-0.2, -0.15) is 0 Å². The van der Waals surface area contributed by atoms with Gasteiger partial charge < -0.3 is 31.3 Å². The van der Waals surface area contributed by atoms with Crippen LogP contribution in [0.4, 0.5) is 0 Å². The molecule has 0 saturated heterocycles. The maximum Gasteiger partial charge on any atom is 0.270 e. The van der Waals surface area contributed by atoms with Crippen LogP contribution < -0.4 is 21.1 Å². The predicted molar refractivity (Wildman–Crippen MR) is 163 cm³/mol. The maximum atomic E-state index is 13.6. The third kappa shape index (κ3) is 8.03. The van der Waals surface area contributed by atoms with E-state index >= 15 is 0 Å². The number of hydrogen-bond donors (Lipinski definition) is 5. The molecular weight excluding hydrogens is 564 g/mol. The summed E-state index contributed by atoms with van der Waals surface area (Å²) < 4.78 is 5.80. The Bertz CT molecular complexity index is 1650. The molecule has 3 atom stereocenters. The Morgan fingerprint density at radius 3 is 2.30 bits per heavy atom. The minimum Gasteiger partial charge on any atom is -0.490 e. The van der Waals surface area contributed by atoms with Gasteiger partial charge in [0.1, 0.15) is 29.7 Å². The average Bonchev–Trinajstić information content (AvgIpc) is 3.03. The molecule has 1 aromatic heterocycles. The van der Waals surface area contributed by atoms with E-state index in [-0.39, 0.29) is 29.2 Å². The molecule has 3 amide bonds. The summed E-state index contributed by atoms with van der Waals surface area (Å²) in [7, 11) is 0. The summed E-state index contributed by atoms with van der Waals surface area (Å²) in [4.78, 5) is 55.1. The van der Waals surface area contributed by atoms with Gasteiger partial charge in [0.05, 0.1) is 30.1 Å². The lowest BCUT2D eigenvalue weighted by Crippen LogP contribution is -2.62. The number of para-hydroxylation sites is 2. The van der Waals surface area contributed by atoms with Crippen LogP contribution in [0.1, 0.15) is 39.8 Å². The number of pyridine rings is 1. The number of primary amides is 1. The first-order chi connectivity index (χ1) is 21.1. The molecule has 4 rings (SSSR count). The van der Waals surface area contributed by atoms with Crippen molar-refractivity contribution >= 4 is 34.4 Å². The number of Topliss-reactive ketones (excluding diaryl/α,β-unsaturated/α-hetero) is 1. The Kier molecular flexibility index (Phi) is 10.4. The van der Waals surface area contributed by atoms with E-state index in [4.69, 9.17) is 10.5 Å². The molecule has 44 heavy (non-hydrogen) atoms. The third-order valence-corrected chi connectivity index (χ3v) is 7.12. The van der Waals surface area contributed by atoms with Crippen molar-refractivity contribution in [2.45, 2.75) is 37.5 Å². The monoisotopic (exact) mass is 598 g/mol. The molecule has 4 aromatic rings. The first-order valence-electron chi connectivity index (χ1n) is 13.9. The lowest BCUT2D eigenvalue weighted by atomic mass is 9.89. The molecule has 6 N–H and O–H groups in total. The smallest absolute Gasteiger partial charge is 0.270 e. The van der Waals surface area contributed by atoms with Gasteiger partial charge >= 0.3 is 0 Å². The maximum absolute atomic E-state index is 13.6. The highest BCUT2D eigenvalue weighted by Gasteiger charge is 2.40. The molecule has 0 saturated carbocycles. The molecule has 0 aliphatic rings. The standard InChI is InChI=1S/C33H34N4O7/c1-21(39)24-12-6-8-14-28(24)44-20-33(43,19-38)29(17-22-9-3-2-4-10-22)37-32(42)27(18-30(34)40)36-31(41)26-16-15-23-11-5-7-13-25(23)35-26/h2-16,27,29,38,43H,17-20H2,1H3,(H2,34,40)(H,36,41)(H,37,42)/t27-,29-,33-/m0/s1. The molecule has 1 heterocycles. The van der Waals surface area contributed by atoms with Crippen LogP contribution in [0.3, 0.4) is 0 Å². The second-order valence-corrected chi connectivity index (χ2v) is 10.4. The summed E-state index contributed by atoms with van der Waals surface area (Å²) >= 11 is 0. The number of aliphatic hydroxyl groups is 2. The third-order valence-electron chi connectivity index (χ3n) is 7.12. The van der Waals surface area contributed by atoms with Gasteiger partial charge in [0.2, 0.25) is 11.8 Å². The van der Waals surface area contributed by atoms with Crippen LogP contribution in [-0.2, 0) is 16.0 Å². The van der Waals surface area contributed by atoms with E-state index in [0.717, 1.165) is 5.39 Å². The van der Waals surface area contributed by atoms with Gasteiger partial charge in [-0.25, -0.2) is 4.98 Å². The summed E-state index contributed by atoms with van der Waals surface area (Å²) in [5, 5.41) is 28.0. The molecule has 0 aliphatic carbocycles. The van der Waals surface area contributed by atoms with Crippen LogP contribution in [-0.4, -0.2) is 69.6 Å². The van der Waals surface area contributed by atoms with Crippen molar-refractivity contribution < 1.29 is 34.1 Å². The zero-order valence-corrected chi connectivity index (χ0v) is 24.1. The van der Waals surface area contributed by atoms with Crippen molar-refractivity contribution in [1.82, 2.24) is 15.6 Å². The first kappa shape index (κ1) is 31.8. The molecular formula is C33H34N4O7. The quantitative estimate of drug-likeness (QED) is 0.137. The molecule has 0 radical (unpaired) electrons. The largest absolute Gasteiger partial charge is 0.490 e. The number of hydrogen-bond acceptors (Lipinski definition) is 8. The van der Waals surface area contributed by atoms with Crippen LogP contribution >= 0.6 is 0 Å². The summed E-state index contributed by atoms with van der Waals surface area (Å²) in [6.45, 7) is 0.0414. The number of rotatable bonds is 14. The van der Waals surface area contributed by atoms with E-state index in [0.29, 0.717) is 11.1 Å². The Hall–Kier alpha value is -5.13. The summed E-state index contributed by atoms with van der Waals surface area (Å²) in [5.74, 6) is -2.45. The van der Waals surface area contributed by atoms with E-state index in [2.05, 4.69) is 15.6 Å². The molecule has 0 spiro atoms. The zero-order valence-electron chi connectivity index (χ0n) is 24.1. The summed E-state index contributed by atoms with van der Waals surface area (Å²) in [6, 6.07) is 23.2. The van der Waals surface area contributed by atoms with E-state index < -0.39 is 55.0 Å². The van der Waals surface area contributed by atoms with Crippen molar-refractivity contribution in [3.8, 4) is 5.75 Å².